The molecule has 0 amide bonds. The van der Waals surface area contributed by atoms with E-state index >= 15 is 0 Å². The summed E-state index contributed by atoms with van der Waals surface area (Å²) in [7, 11) is 0. The molecule has 8 heteroatoms. The van der Waals surface area contributed by atoms with Gasteiger partial charge in [0.2, 0.25) is 0 Å². The topological polar surface area (TPSA) is 71.1 Å². The van der Waals surface area contributed by atoms with Crippen molar-refractivity contribution >= 4 is 55.9 Å². The molecule has 6 nitrogen and oxygen atoms in total. The van der Waals surface area contributed by atoms with Gasteiger partial charge in [0.15, 0.2) is 0 Å². The molecule has 0 aliphatic carbocycles. The predicted octanol–water partition coefficient (Wildman–Crippen LogP) is 6.01. The molecule has 0 aliphatic heterocycles. The molecule has 0 bridgehead atoms. The van der Waals surface area contributed by atoms with Crippen LogP contribution < -0.4 is 0 Å². The second-order valence-electron chi connectivity index (χ2n) is 8.10. The van der Waals surface area contributed by atoms with Crippen molar-refractivity contribution in [2.75, 3.05) is 0 Å². The first-order valence-electron chi connectivity index (χ1n) is 12.5. The molecule has 0 spiro atoms. The number of rotatable bonds is 22. The van der Waals surface area contributed by atoms with E-state index in [1.54, 1.807) is 0 Å². The van der Waals surface area contributed by atoms with E-state index < -0.39 is 55.9 Å². The Morgan fingerprint density at radius 1 is 0.594 bits per heavy atom. The van der Waals surface area contributed by atoms with Gasteiger partial charge in [-0.05, 0) is 0 Å². The minimum absolute atomic E-state index is 0.192. The number of carbonyl (C=O) groups excluding carboxylic acids is 2. The van der Waals surface area contributed by atoms with Crippen LogP contribution in [-0.4, -0.2) is 68.1 Å². The summed E-state index contributed by atoms with van der Waals surface area (Å²) < 4.78 is 22.3. The number of unbranched alkanes of at least 4 members (excludes halogenated alkanes) is 6. The van der Waals surface area contributed by atoms with E-state index in [0.29, 0.717) is 0 Å². The summed E-state index contributed by atoms with van der Waals surface area (Å²) in [5.41, 5.74) is 0. The molecule has 0 heterocycles. The predicted molar refractivity (Wildman–Crippen MR) is 130 cm³/mol. The Balaban J connectivity index is 4.15. The third-order valence-electron chi connectivity index (χ3n) is 5.09. The molecule has 0 saturated carbocycles. The van der Waals surface area contributed by atoms with Gasteiger partial charge in [0.25, 0.3) is 0 Å². The van der Waals surface area contributed by atoms with E-state index in [-0.39, 0.29) is 12.2 Å². The van der Waals surface area contributed by atoms with Crippen molar-refractivity contribution in [2.45, 2.75) is 130 Å². The molecule has 4 radical (unpaired) electrons. The zero-order valence-corrected chi connectivity index (χ0v) is 26.4. The van der Waals surface area contributed by atoms with Crippen LogP contribution in [0.15, 0.2) is 12.2 Å². The second-order valence-corrected chi connectivity index (χ2v) is 11.6. The molecule has 184 valence electrons. The van der Waals surface area contributed by atoms with Crippen LogP contribution in [0, 0.1) is 0 Å². The van der Waals surface area contributed by atoms with E-state index in [2.05, 4.69) is 27.7 Å². The second kappa shape index (κ2) is 24.3. The Hall–Kier alpha value is 0.197. The monoisotopic (exact) mass is 668 g/mol. The zero-order valence-electron chi connectivity index (χ0n) is 20.7. The van der Waals surface area contributed by atoms with Gasteiger partial charge < -0.3 is 0 Å². The Bertz CT molecular complexity index is 445. The Morgan fingerprint density at radius 3 is 1.28 bits per heavy atom. The number of carbonyl (C=O) groups is 2. The Labute approximate surface area is 218 Å². The van der Waals surface area contributed by atoms with Crippen molar-refractivity contribution in [1.29, 1.82) is 0 Å². The molecular weight excluding hydrogens is 622 g/mol. The van der Waals surface area contributed by atoms with Crippen LogP contribution in [0.3, 0.4) is 0 Å². The van der Waals surface area contributed by atoms with E-state index in [9.17, 15) is 9.59 Å². The van der Waals surface area contributed by atoms with E-state index in [1.807, 2.05) is 0 Å². The van der Waals surface area contributed by atoms with Gasteiger partial charge in [0.05, 0.1) is 0 Å². The molecule has 0 aromatic heterocycles. The van der Waals surface area contributed by atoms with Crippen LogP contribution in [-0.2, 0) is 21.9 Å². The van der Waals surface area contributed by atoms with Gasteiger partial charge in [-0.15, -0.1) is 0 Å². The summed E-state index contributed by atoms with van der Waals surface area (Å²) in [6.45, 7) is 8.70. The van der Waals surface area contributed by atoms with Crippen molar-refractivity contribution in [2.24, 2.45) is 0 Å². The average Bonchev–Trinajstić information content (AvgIpc) is 2.79. The fourth-order valence-electron chi connectivity index (χ4n) is 3.10. The standard InChI is InChI=1S/2C10H21O.C4H4O4.2Sn/c2*1-3-5-7-9-10(11)8-6-4-2;5-3(6)1-2-4(7)8;;/h2*10H,3-9H2,1-2H3;1-2H,(H,5,6)(H,7,8);;/q2*-1;;2*+2/p-2/b;;2-1-;;. The molecular formula is C24H44O6Sn2. The SMILES string of the molecule is CCCCCC(CCCC)[O][Sn][O]C(=O)/C=C\C(=O)[O][Sn][O]C(CCCC)CCCCC. The quantitative estimate of drug-likeness (QED) is 0.0802. The Morgan fingerprint density at radius 2 is 0.938 bits per heavy atom. The van der Waals surface area contributed by atoms with Crippen LogP contribution in [0.1, 0.15) is 118 Å². The summed E-state index contributed by atoms with van der Waals surface area (Å²) in [5, 5.41) is 0. The number of hydrogen-bond donors (Lipinski definition) is 0. The summed E-state index contributed by atoms with van der Waals surface area (Å²) in [5.74, 6) is -1.05. The van der Waals surface area contributed by atoms with E-state index in [0.717, 1.165) is 76.4 Å². The molecule has 2 unspecified atom stereocenters. The molecule has 0 fully saturated rings. The van der Waals surface area contributed by atoms with E-state index in [1.165, 1.54) is 25.7 Å². The summed E-state index contributed by atoms with van der Waals surface area (Å²) in [6, 6.07) is 0. The van der Waals surface area contributed by atoms with Gasteiger partial charge >= 0.3 is 220 Å². The first-order chi connectivity index (χ1) is 15.6. The normalized spacial score (nSPS) is 13.2. The molecule has 32 heavy (non-hydrogen) atoms. The van der Waals surface area contributed by atoms with Crippen molar-refractivity contribution in [1.82, 2.24) is 0 Å². The molecule has 2 atom stereocenters. The van der Waals surface area contributed by atoms with Crippen LogP contribution in [0.25, 0.3) is 0 Å². The molecule has 0 aromatic rings. The van der Waals surface area contributed by atoms with Crippen molar-refractivity contribution in [3.05, 3.63) is 12.2 Å². The van der Waals surface area contributed by atoms with Crippen molar-refractivity contribution in [3.8, 4) is 0 Å². The third-order valence-corrected chi connectivity index (χ3v) is 9.16. The summed E-state index contributed by atoms with van der Waals surface area (Å²) in [4.78, 5) is 23.8. The van der Waals surface area contributed by atoms with Crippen LogP contribution >= 0.6 is 0 Å². The molecule has 0 N–H and O–H groups in total. The molecule has 0 rings (SSSR count). The zero-order chi connectivity index (χ0) is 23.9. The molecule has 0 aromatic carbocycles. The van der Waals surface area contributed by atoms with Crippen LogP contribution in [0.4, 0.5) is 0 Å². The van der Waals surface area contributed by atoms with E-state index in [4.69, 9.17) is 12.3 Å². The van der Waals surface area contributed by atoms with Crippen molar-refractivity contribution in [3.63, 3.8) is 0 Å². The minimum atomic E-state index is -1.70. The fraction of sp³-hybridized carbons (Fsp3) is 0.833. The van der Waals surface area contributed by atoms with Crippen LogP contribution in [0.5, 0.6) is 0 Å². The van der Waals surface area contributed by atoms with Gasteiger partial charge in [0.1, 0.15) is 0 Å². The van der Waals surface area contributed by atoms with Crippen LogP contribution in [0.2, 0.25) is 0 Å². The van der Waals surface area contributed by atoms with Crippen molar-refractivity contribution < 1.29 is 21.9 Å². The summed E-state index contributed by atoms with van der Waals surface area (Å²) >= 11 is -3.40. The number of hydrogen-bond acceptors (Lipinski definition) is 6. The maximum absolute atomic E-state index is 11.9. The van der Waals surface area contributed by atoms with Gasteiger partial charge in [-0.3, -0.25) is 0 Å². The van der Waals surface area contributed by atoms with Gasteiger partial charge in [-0.2, -0.15) is 0 Å². The third kappa shape index (κ3) is 20.8. The van der Waals surface area contributed by atoms with Gasteiger partial charge in [-0.1, -0.05) is 0 Å². The first-order valence-corrected chi connectivity index (χ1v) is 17.1. The maximum atomic E-state index is 11.9. The molecule has 0 saturated heterocycles. The summed E-state index contributed by atoms with van der Waals surface area (Å²) in [6.07, 6.45) is 18.3. The first kappa shape index (κ1) is 32.2. The fourth-order valence-corrected chi connectivity index (χ4v) is 6.36. The molecule has 0 aliphatic rings. The van der Waals surface area contributed by atoms with Gasteiger partial charge in [0, 0.05) is 0 Å². The average molecular weight is 666 g/mol. The van der Waals surface area contributed by atoms with Gasteiger partial charge in [-0.25, -0.2) is 0 Å². The Kier molecular flexibility index (Phi) is 24.5.